The van der Waals surface area contributed by atoms with Gasteiger partial charge in [-0.25, -0.2) is 0 Å². The van der Waals surface area contributed by atoms with Crippen LogP contribution in [-0.4, -0.2) is 47.6 Å². The minimum absolute atomic E-state index is 0.0153. The smallest absolute Gasteiger partial charge is 0.305 e. The third-order valence-electron chi connectivity index (χ3n) is 2.09. The fraction of sp³-hybridized carbons (Fsp3) is 0.778. The predicted molar refractivity (Wildman–Crippen MR) is 59.0 cm³/mol. The molecule has 1 fully saturated rings. The summed E-state index contributed by atoms with van der Waals surface area (Å²) < 4.78 is 0. The van der Waals surface area contributed by atoms with E-state index in [1.807, 2.05) is 11.8 Å². The molecular weight excluding hydrogens is 216 g/mol. The van der Waals surface area contributed by atoms with Gasteiger partial charge in [0, 0.05) is 37.1 Å². The Labute approximate surface area is 93.0 Å². The van der Waals surface area contributed by atoms with Gasteiger partial charge in [0.05, 0.1) is 6.42 Å². The third-order valence-corrected chi connectivity index (χ3v) is 3.22. The van der Waals surface area contributed by atoms with Crippen molar-refractivity contribution in [2.75, 3.05) is 24.6 Å². The van der Waals surface area contributed by atoms with E-state index >= 15 is 0 Å². The number of carbonyl (C=O) groups excluding carboxylic acids is 1. The van der Waals surface area contributed by atoms with E-state index in [4.69, 9.17) is 5.11 Å². The molecule has 0 spiro atoms. The number of thioether (sulfide) groups is 1. The summed E-state index contributed by atoms with van der Waals surface area (Å²) in [6, 6.07) is 0.230. The van der Waals surface area contributed by atoms with Gasteiger partial charge in [-0.1, -0.05) is 0 Å². The van der Waals surface area contributed by atoms with E-state index in [1.54, 1.807) is 0 Å². The first kappa shape index (κ1) is 12.3. The Balaban J connectivity index is 2.09. The zero-order valence-electron chi connectivity index (χ0n) is 8.49. The second-order valence-electron chi connectivity index (χ2n) is 3.42. The lowest BCUT2D eigenvalue weighted by atomic mass is 10.2. The number of hydrogen-bond donors (Lipinski definition) is 3. The van der Waals surface area contributed by atoms with Crippen molar-refractivity contribution in [2.45, 2.75) is 18.9 Å². The van der Waals surface area contributed by atoms with Crippen LogP contribution in [0.1, 0.15) is 12.8 Å². The Morgan fingerprint density at radius 1 is 1.53 bits per heavy atom. The number of nitrogens with one attached hydrogen (secondary N) is 2. The average molecular weight is 232 g/mol. The second kappa shape index (κ2) is 6.68. The maximum absolute atomic E-state index is 11.3. The van der Waals surface area contributed by atoms with Gasteiger partial charge in [0.1, 0.15) is 0 Å². The fourth-order valence-corrected chi connectivity index (χ4v) is 2.30. The molecule has 0 radical (unpaired) electrons. The Hall–Kier alpha value is -0.750. The van der Waals surface area contributed by atoms with E-state index < -0.39 is 5.97 Å². The van der Waals surface area contributed by atoms with Crippen LogP contribution in [-0.2, 0) is 9.59 Å². The van der Waals surface area contributed by atoms with Gasteiger partial charge >= 0.3 is 5.97 Å². The van der Waals surface area contributed by atoms with Crippen LogP contribution >= 0.6 is 11.8 Å². The van der Waals surface area contributed by atoms with Crippen molar-refractivity contribution < 1.29 is 14.7 Å². The minimum atomic E-state index is -0.887. The topological polar surface area (TPSA) is 78.4 Å². The molecule has 1 heterocycles. The fourth-order valence-electron chi connectivity index (χ4n) is 1.36. The molecule has 1 saturated heterocycles. The quantitative estimate of drug-likeness (QED) is 0.605. The molecule has 1 aliphatic heterocycles. The number of aliphatic carboxylic acids is 1. The zero-order valence-corrected chi connectivity index (χ0v) is 9.31. The van der Waals surface area contributed by atoms with E-state index in [2.05, 4.69) is 10.6 Å². The van der Waals surface area contributed by atoms with Crippen molar-refractivity contribution in [1.82, 2.24) is 10.6 Å². The van der Waals surface area contributed by atoms with Gasteiger partial charge in [-0.3, -0.25) is 9.59 Å². The molecule has 0 aromatic rings. The van der Waals surface area contributed by atoms with Crippen LogP contribution in [0.4, 0.5) is 0 Å². The number of carboxylic acids is 1. The summed E-state index contributed by atoms with van der Waals surface area (Å²) in [4.78, 5) is 21.5. The number of hydrogen-bond acceptors (Lipinski definition) is 4. The maximum Gasteiger partial charge on any atom is 0.305 e. The van der Waals surface area contributed by atoms with Crippen molar-refractivity contribution in [2.24, 2.45) is 0 Å². The first-order valence-electron chi connectivity index (χ1n) is 4.98. The summed E-state index contributed by atoms with van der Waals surface area (Å²) in [5.41, 5.74) is 0. The van der Waals surface area contributed by atoms with E-state index in [0.717, 1.165) is 18.1 Å². The highest BCUT2D eigenvalue weighted by Gasteiger charge is 2.16. The summed E-state index contributed by atoms with van der Waals surface area (Å²) in [5, 5.41) is 14.2. The summed E-state index contributed by atoms with van der Waals surface area (Å²) >= 11 is 1.84. The molecule has 0 saturated carbocycles. The van der Waals surface area contributed by atoms with Gasteiger partial charge in [-0.15, -0.1) is 0 Å². The second-order valence-corrected chi connectivity index (χ2v) is 4.57. The lowest BCUT2D eigenvalue weighted by Gasteiger charge is -2.22. The molecule has 15 heavy (non-hydrogen) atoms. The predicted octanol–water partition coefficient (Wildman–Crippen LogP) is -0.328. The summed E-state index contributed by atoms with van der Waals surface area (Å²) in [6.07, 6.45) is 0.422. The molecule has 6 heteroatoms. The molecule has 5 nitrogen and oxygen atoms in total. The Bertz CT molecular complexity index is 229. The van der Waals surface area contributed by atoms with Gasteiger partial charge in [-0.2, -0.15) is 11.8 Å². The molecule has 1 atom stereocenters. The maximum atomic E-state index is 11.3. The van der Waals surface area contributed by atoms with Crippen LogP contribution in [0.2, 0.25) is 0 Å². The number of carbonyl (C=O) groups is 2. The van der Waals surface area contributed by atoms with E-state index in [-0.39, 0.29) is 24.9 Å². The summed E-state index contributed by atoms with van der Waals surface area (Å²) in [7, 11) is 0. The first-order valence-corrected chi connectivity index (χ1v) is 6.13. The van der Waals surface area contributed by atoms with Crippen molar-refractivity contribution in [3.63, 3.8) is 0 Å². The summed E-state index contributed by atoms with van der Waals surface area (Å²) in [5.74, 6) is 1.08. The molecule has 1 amide bonds. The number of rotatable bonds is 5. The van der Waals surface area contributed by atoms with Crippen LogP contribution < -0.4 is 10.6 Å². The highest BCUT2D eigenvalue weighted by Crippen LogP contribution is 2.09. The number of amides is 1. The molecule has 0 aromatic heterocycles. The van der Waals surface area contributed by atoms with Crippen molar-refractivity contribution in [3.8, 4) is 0 Å². The third kappa shape index (κ3) is 5.64. The normalized spacial score (nSPS) is 20.9. The van der Waals surface area contributed by atoms with Crippen LogP contribution in [0.3, 0.4) is 0 Å². The van der Waals surface area contributed by atoms with Gasteiger partial charge in [-0.05, 0) is 0 Å². The van der Waals surface area contributed by atoms with E-state index in [9.17, 15) is 9.59 Å². The standard InChI is InChI=1S/C9H16N2O3S/c12-8(11-2-1-9(13)14)5-7-6-15-4-3-10-7/h7,10H,1-6H2,(H,11,12)(H,13,14). The van der Waals surface area contributed by atoms with Crippen LogP contribution in [0.5, 0.6) is 0 Å². The SMILES string of the molecule is O=C(O)CCNC(=O)CC1CSCCN1. The summed E-state index contributed by atoms with van der Waals surface area (Å²) in [6.45, 7) is 1.16. The van der Waals surface area contributed by atoms with Gasteiger partial charge in [0.25, 0.3) is 0 Å². The molecular formula is C9H16N2O3S. The molecule has 1 unspecified atom stereocenters. The zero-order chi connectivity index (χ0) is 11.1. The van der Waals surface area contributed by atoms with Crippen molar-refractivity contribution in [1.29, 1.82) is 0 Å². The van der Waals surface area contributed by atoms with Gasteiger partial charge in [0.15, 0.2) is 0 Å². The highest BCUT2D eigenvalue weighted by molar-refractivity contribution is 7.99. The van der Waals surface area contributed by atoms with Crippen LogP contribution in [0.25, 0.3) is 0 Å². The average Bonchev–Trinajstić information content (AvgIpc) is 2.18. The molecule has 0 aromatic carbocycles. The highest BCUT2D eigenvalue weighted by atomic mass is 32.2. The monoisotopic (exact) mass is 232 g/mol. The lowest BCUT2D eigenvalue weighted by molar-refractivity contribution is -0.136. The molecule has 0 bridgehead atoms. The van der Waals surface area contributed by atoms with Gasteiger partial charge < -0.3 is 15.7 Å². The van der Waals surface area contributed by atoms with E-state index in [1.165, 1.54) is 0 Å². The molecule has 0 aliphatic carbocycles. The Kier molecular flexibility index (Phi) is 5.49. The van der Waals surface area contributed by atoms with Crippen molar-refractivity contribution >= 4 is 23.6 Å². The van der Waals surface area contributed by atoms with Crippen LogP contribution in [0, 0.1) is 0 Å². The van der Waals surface area contributed by atoms with Crippen molar-refractivity contribution in [3.05, 3.63) is 0 Å². The Morgan fingerprint density at radius 2 is 2.33 bits per heavy atom. The first-order chi connectivity index (χ1) is 7.18. The molecule has 1 aliphatic rings. The largest absolute Gasteiger partial charge is 0.481 e. The minimum Gasteiger partial charge on any atom is -0.481 e. The lowest BCUT2D eigenvalue weighted by Crippen LogP contribution is -2.41. The van der Waals surface area contributed by atoms with Gasteiger partial charge in [0.2, 0.25) is 5.91 Å². The molecule has 3 N–H and O–H groups in total. The molecule has 86 valence electrons. The molecule has 1 rings (SSSR count). The van der Waals surface area contributed by atoms with Crippen LogP contribution in [0.15, 0.2) is 0 Å². The van der Waals surface area contributed by atoms with E-state index in [0.29, 0.717) is 6.42 Å². The number of carboxylic acid groups (broad SMARTS) is 1. The Morgan fingerprint density at radius 3 is 2.93 bits per heavy atom.